The van der Waals surface area contributed by atoms with Crippen LogP contribution >= 0.6 is 0 Å². The molecule has 0 heterocycles. The molecule has 1 aliphatic carbocycles. The predicted molar refractivity (Wildman–Crippen MR) is 108 cm³/mol. The molecule has 2 aromatic rings. The minimum absolute atomic E-state index is 0.0503. The Bertz CT molecular complexity index is 985. The first-order valence-corrected chi connectivity index (χ1v) is 10.7. The molecule has 1 fully saturated rings. The van der Waals surface area contributed by atoms with Crippen molar-refractivity contribution < 1.29 is 22.7 Å². The van der Waals surface area contributed by atoms with Crippen molar-refractivity contribution in [3.63, 3.8) is 0 Å². The fourth-order valence-corrected chi connectivity index (χ4v) is 3.64. The summed E-state index contributed by atoms with van der Waals surface area (Å²) in [6.45, 7) is 0.411. The molecule has 3 rings (SSSR count). The number of methoxy groups -OCH3 is 1. The van der Waals surface area contributed by atoms with Gasteiger partial charge in [-0.3, -0.25) is 9.59 Å². The van der Waals surface area contributed by atoms with Gasteiger partial charge < -0.3 is 15.4 Å². The first-order chi connectivity index (χ1) is 13.9. The minimum Gasteiger partial charge on any atom is -0.383 e. The second kappa shape index (κ2) is 9.17. The Balaban J connectivity index is 1.69. The van der Waals surface area contributed by atoms with Gasteiger partial charge in [0.25, 0.3) is 11.8 Å². The van der Waals surface area contributed by atoms with Gasteiger partial charge in [0.2, 0.25) is 10.0 Å². The van der Waals surface area contributed by atoms with Crippen LogP contribution in [0.15, 0.2) is 53.4 Å². The Kier molecular flexibility index (Phi) is 6.63. The van der Waals surface area contributed by atoms with E-state index < -0.39 is 15.9 Å². The molecule has 2 amide bonds. The molecule has 0 spiro atoms. The molecule has 1 aliphatic rings. The molecule has 0 radical (unpaired) electrons. The molecule has 3 N–H and O–H groups in total. The number of anilines is 1. The monoisotopic (exact) mass is 417 g/mol. The van der Waals surface area contributed by atoms with Gasteiger partial charge in [0, 0.05) is 25.3 Å². The number of benzene rings is 2. The quantitative estimate of drug-likeness (QED) is 0.538. The molecule has 0 unspecified atom stereocenters. The lowest BCUT2D eigenvalue weighted by atomic mass is 10.1. The van der Waals surface area contributed by atoms with Crippen molar-refractivity contribution in [3.05, 3.63) is 59.7 Å². The van der Waals surface area contributed by atoms with E-state index in [1.54, 1.807) is 24.3 Å². The molecule has 0 atom stereocenters. The van der Waals surface area contributed by atoms with E-state index in [0.29, 0.717) is 11.3 Å². The van der Waals surface area contributed by atoms with Crippen molar-refractivity contribution in [2.24, 2.45) is 0 Å². The Hall–Kier alpha value is -2.75. The third-order valence-electron chi connectivity index (χ3n) is 4.36. The summed E-state index contributed by atoms with van der Waals surface area (Å²) in [5.74, 6) is -0.667. The van der Waals surface area contributed by atoms with E-state index in [0.717, 1.165) is 12.8 Å². The molecule has 2 aromatic carbocycles. The molecule has 0 saturated heterocycles. The van der Waals surface area contributed by atoms with E-state index in [1.165, 1.54) is 31.4 Å². The van der Waals surface area contributed by atoms with Gasteiger partial charge in [0.1, 0.15) is 0 Å². The van der Waals surface area contributed by atoms with Crippen LogP contribution in [0.25, 0.3) is 0 Å². The topological polar surface area (TPSA) is 114 Å². The van der Waals surface area contributed by atoms with E-state index in [9.17, 15) is 18.0 Å². The van der Waals surface area contributed by atoms with Crippen LogP contribution in [0.2, 0.25) is 0 Å². The highest BCUT2D eigenvalue weighted by atomic mass is 32.2. The summed E-state index contributed by atoms with van der Waals surface area (Å²) in [6, 6.07) is 12.5. The number of sulfonamides is 1. The van der Waals surface area contributed by atoms with E-state index in [2.05, 4.69) is 15.4 Å². The van der Waals surface area contributed by atoms with Gasteiger partial charge in [-0.05, 0) is 49.2 Å². The van der Waals surface area contributed by atoms with E-state index in [4.69, 9.17) is 4.74 Å². The standard InChI is InChI=1S/C20H23N3O5S/c1-28-13-12-21-29(26,27)16-10-6-14(7-11-16)19(24)23-18-5-3-2-4-17(18)20(25)22-15-8-9-15/h2-7,10-11,15,21H,8-9,12-13H2,1H3,(H,22,25)(H,23,24). The van der Waals surface area contributed by atoms with Crippen LogP contribution in [0.1, 0.15) is 33.6 Å². The third-order valence-corrected chi connectivity index (χ3v) is 5.83. The molecule has 0 aromatic heterocycles. The normalized spacial score (nSPS) is 13.7. The van der Waals surface area contributed by atoms with Gasteiger partial charge in [0.05, 0.1) is 22.8 Å². The van der Waals surface area contributed by atoms with E-state index in [-0.39, 0.29) is 35.6 Å². The van der Waals surface area contributed by atoms with Crippen molar-refractivity contribution in [3.8, 4) is 0 Å². The van der Waals surface area contributed by atoms with Gasteiger partial charge in [-0.1, -0.05) is 12.1 Å². The van der Waals surface area contributed by atoms with Crippen molar-refractivity contribution in [1.82, 2.24) is 10.0 Å². The lowest BCUT2D eigenvalue weighted by Gasteiger charge is -2.11. The smallest absolute Gasteiger partial charge is 0.255 e. The molecule has 29 heavy (non-hydrogen) atoms. The summed E-state index contributed by atoms with van der Waals surface area (Å²) in [4.78, 5) is 25.0. The second-order valence-corrected chi connectivity index (χ2v) is 8.43. The average Bonchev–Trinajstić information content (AvgIpc) is 3.52. The molecule has 1 saturated carbocycles. The third kappa shape index (κ3) is 5.63. The lowest BCUT2D eigenvalue weighted by molar-refractivity contribution is 0.0952. The Labute approximate surface area is 169 Å². The van der Waals surface area contributed by atoms with Crippen LogP contribution < -0.4 is 15.4 Å². The van der Waals surface area contributed by atoms with Crippen LogP contribution in [-0.4, -0.2) is 46.5 Å². The minimum atomic E-state index is -3.67. The number of hydrogen-bond donors (Lipinski definition) is 3. The van der Waals surface area contributed by atoms with Gasteiger partial charge in [-0.15, -0.1) is 0 Å². The fourth-order valence-electron chi connectivity index (χ4n) is 2.62. The van der Waals surface area contributed by atoms with Crippen molar-refractivity contribution >= 4 is 27.5 Å². The maximum absolute atomic E-state index is 12.6. The van der Waals surface area contributed by atoms with Crippen LogP contribution in [0.5, 0.6) is 0 Å². The number of nitrogens with one attached hydrogen (secondary N) is 3. The number of para-hydroxylation sites is 1. The number of rotatable bonds is 9. The average molecular weight is 417 g/mol. The fraction of sp³-hybridized carbons (Fsp3) is 0.300. The SMILES string of the molecule is COCCNS(=O)(=O)c1ccc(C(=O)Nc2ccccc2C(=O)NC2CC2)cc1. The van der Waals surface area contributed by atoms with Crippen LogP contribution in [-0.2, 0) is 14.8 Å². The highest BCUT2D eigenvalue weighted by Crippen LogP contribution is 2.22. The van der Waals surface area contributed by atoms with Crippen LogP contribution in [0, 0.1) is 0 Å². The maximum atomic E-state index is 12.6. The molecule has 0 aliphatic heterocycles. The number of carbonyl (C=O) groups excluding carboxylic acids is 2. The van der Waals surface area contributed by atoms with Gasteiger partial charge >= 0.3 is 0 Å². The summed E-state index contributed by atoms with van der Waals surface area (Å²) in [7, 11) is -2.19. The van der Waals surface area contributed by atoms with Crippen molar-refractivity contribution in [1.29, 1.82) is 0 Å². The van der Waals surface area contributed by atoms with Crippen molar-refractivity contribution in [2.45, 2.75) is 23.8 Å². The highest BCUT2D eigenvalue weighted by Gasteiger charge is 2.25. The zero-order valence-corrected chi connectivity index (χ0v) is 16.8. The Morgan fingerprint density at radius 3 is 2.38 bits per heavy atom. The zero-order chi connectivity index (χ0) is 20.9. The maximum Gasteiger partial charge on any atom is 0.255 e. The van der Waals surface area contributed by atoms with Crippen LogP contribution in [0.3, 0.4) is 0 Å². The van der Waals surface area contributed by atoms with Crippen molar-refractivity contribution in [2.75, 3.05) is 25.6 Å². The first-order valence-electron chi connectivity index (χ1n) is 9.20. The number of ether oxygens (including phenoxy) is 1. The van der Waals surface area contributed by atoms with Gasteiger partial charge in [-0.25, -0.2) is 13.1 Å². The van der Waals surface area contributed by atoms with E-state index >= 15 is 0 Å². The number of carbonyl (C=O) groups is 2. The molecule has 154 valence electrons. The largest absolute Gasteiger partial charge is 0.383 e. The summed E-state index contributed by atoms with van der Waals surface area (Å²) in [5.41, 5.74) is 1.06. The second-order valence-electron chi connectivity index (χ2n) is 6.66. The zero-order valence-electron chi connectivity index (χ0n) is 16.0. The molecular formula is C20H23N3O5S. The number of amides is 2. The molecular weight excluding hydrogens is 394 g/mol. The lowest BCUT2D eigenvalue weighted by Crippen LogP contribution is -2.27. The summed E-state index contributed by atoms with van der Waals surface area (Å²) in [5, 5.41) is 5.62. The van der Waals surface area contributed by atoms with E-state index in [1.807, 2.05) is 0 Å². The van der Waals surface area contributed by atoms with Gasteiger partial charge in [-0.2, -0.15) is 0 Å². The number of hydrogen-bond acceptors (Lipinski definition) is 5. The first kappa shape index (κ1) is 21.0. The molecule has 9 heteroatoms. The van der Waals surface area contributed by atoms with Gasteiger partial charge in [0.15, 0.2) is 0 Å². The predicted octanol–water partition coefficient (Wildman–Crippen LogP) is 1.76. The molecule has 0 bridgehead atoms. The Morgan fingerprint density at radius 2 is 1.72 bits per heavy atom. The summed E-state index contributed by atoms with van der Waals surface area (Å²) < 4.78 is 31.6. The summed E-state index contributed by atoms with van der Waals surface area (Å²) >= 11 is 0. The summed E-state index contributed by atoms with van der Waals surface area (Å²) in [6.07, 6.45) is 1.94. The highest BCUT2D eigenvalue weighted by molar-refractivity contribution is 7.89. The molecule has 8 nitrogen and oxygen atoms in total. The Morgan fingerprint density at radius 1 is 1.03 bits per heavy atom. The van der Waals surface area contributed by atoms with Crippen LogP contribution in [0.4, 0.5) is 5.69 Å².